The fourth-order valence-corrected chi connectivity index (χ4v) is 5.10. The van der Waals surface area contributed by atoms with Crippen molar-refractivity contribution in [3.05, 3.63) is 77.0 Å². The molecule has 0 unspecified atom stereocenters. The zero-order chi connectivity index (χ0) is 29.1. The number of nitriles is 1. The number of halogens is 1. The molecule has 0 amide bonds. The molecule has 11 nitrogen and oxygen atoms in total. The van der Waals surface area contributed by atoms with E-state index in [1.165, 1.54) is 18.2 Å². The summed E-state index contributed by atoms with van der Waals surface area (Å²) in [6, 6.07) is 14.6. The topological polar surface area (TPSA) is 136 Å². The van der Waals surface area contributed by atoms with Crippen LogP contribution >= 0.6 is 0 Å². The van der Waals surface area contributed by atoms with Gasteiger partial charge in [0.2, 0.25) is 11.8 Å². The number of likely N-dealkylation sites (tertiary alicyclic amines) is 1. The summed E-state index contributed by atoms with van der Waals surface area (Å²) in [6.45, 7) is 3.48. The van der Waals surface area contributed by atoms with Gasteiger partial charge in [-0.1, -0.05) is 12.1 Å². The number of carbonyl (C=O) groups is 1. The van der Waals surface area contributed by atoms with Crippen LogP contribution in [0.5, 0.6) is 11.8 Å². The summed E-state index contributed by atoms with van der Waals surface area (Å²) in [5.41, 5.74) is 1.81. The normalized spacial score (nSPS) is 17.5. The number of carboxylic acids is 1. The van der Waals surface area contributed by atoms with Crippen molar-refractivity contribution in [1.29, 1.82) is 5.26 Å². The van der Waals surface area contributed by atoms with Crippen LogP contribution in [0, 0.1) is 17.1 Å². The molecule has 2 aliphatic rings. The van der Waals surface area contributed by atoms with Crippen LogP contribution < -0.4 is 9.47 Å². The first-order valence-electron chi connectivity index (χ1n) is 13.8. The summed E-state index contributed by atoms with van der Waals surface area (Å²) in [4.78, 5) is 27.4. The van der Waals surface area contributed by atoms with Gasteiger partial charge in [-0.05, 0) is 43.5 Å². The summed E-state index contributed by atoms with van der Waals surface area (Å²) < 4.78 is 33.6. The number of ether oxygens (including phenoxy) is 3. The van der Waals surface area contributed by atoms with Gasteiger partial charge < -0.3 is 23.9 Å². The molecule has 0 saturated carbocycles. The molecule has 0 bridgehead atoms. The highest BCUT2D eigenvalue weighted by Crippen LogP contribution is 2.24. The molecule has 0 aliphatic carbocycles. The van der Waals surface area contributed by atoms with Crippen LogP contribution in [-0.4, -0.2) is 67.4 Å². The molecule has 12 heteroatoms. The van der Waals surface area contributed by atoms with E-state index in [2.05, 4.69) is 14.9 Å². The Morgan fingerprint density at radius 1 is 1.10 bits per heavy atom. The van der Waals surface area contributed by atoms with Gasteiger partial charge in [0.25, 0.3) is 0 Å². The van der Waals surface area contributed by atoms with Crippen molar-refractivity contribution in [1.82, 2.24) is 24.4 Å². The molecule has 1 aromatic carbocycles. The van der Waals surface area contributed by atoms with Crippen molar-refractivity contribution < 1.29 is 28.5 Å². The quantitative estimate of drug-likeness (QED) is 0.298. The third kappa shape index (κ3) is 6.17. The molecule has 216 valence electrons. The number of rotatable bonds is 10. The van der Waals surface area contributed by atoms with Gasteiger partial charge in [-0.25, -0.2) is 19.2 Å². The second kappa shape index (κ2) is 12.1. The van der Waals surface area contributed by atoms with Gasteiger partial charge in [0.05, 0.1) is 30.8 Å². The van der Waals surface area contributed by atoms with E-state index in [0.717, 1.165) is 44.8 Å². The minimum Gasteiger partial charge on any atom is -0.477 e. The standard InChI is InChI=1S/C30H29FN6O5/c31-23-14-19(15-32)4-5-20(23)18-41-27-2-1-3-28(35-27)42-21-8-11-36(12-9-21)17-26-33-24-6-7-25(30(38)39)34-29(24)37(26)16-22-10-13-40-22/h1-7,14,21-22H,8-13,16-18H2,(H,38,39)/t22-/m1/s1. The number of piperidine rings is 1. The highest BCUT2D eigenvalue weighted by Gasteiger charge is 2.26. The molecule has 2 saturated heterocycles. The van der Waals surface area contributed by atoms with E-state index in [4.69, 9.17) is 24.5 Å². The van der Waals surface area contributed by atoms with Crippen molar-refractivity contribution in [3.63, 3.8) is 0 Å². The maximum absolute atomic E-state index is 14.2. The number of hydrogen-bond donors (Lipinski definition) is 1. The summed E-state index contributed by atoms with van der Waals surface area (Å²) >= 11 is 0. The first-order valence-corrected chi connectivity index (χ1v) is 13.8. The molecule has 5 heterocycles. The Kier molecular flexibility index (Phi) is 7.94. The van der Waals surface area contributed by atoms with Crippen LogP contribution in [0.3, 0.4) is 0 Å². The molecule has 42 heavy (non-hydrogen) atoms. The van der Waals surface area contributed by atoms with Gasteiger partial charge in [-0.3, -0.25) is 4.90 Å². The van der Waals surface area contributed by atoms with E-state index in [0.29, 0.717) is 41.6 Å². The number of aromatic nitrogens is 4. The van der Waals surface area contributed by atoms with E-state index in [1.54, 1.807) is 30.3 Å². The Labute approximate surface area is 241 Å². The predicted octanol–water partition coefficient (Wildman–Crippen LogP) is 3.95. The molecule has 1 atom stereocenters. The average Bonchev–Trinajstić information content (AvgIpc) is 3.31. The van der Waals surface area contributed by atoms with E-state index in [9.17, 15) is 14.3 Å². The molecule has 3 aromatic heterocycles. The highest BCUT2D eigenvalue weighted by atomic mass is 19.1. The average molecular weight is 573 g/mol. The Balaban J connectivity index is 1.06. The number of pyridine rings is 2. The fourth-order valence-electron chi connectivity index (χ4n) is 5.10. The van der Waals surface area contributed by atoms with E-state index in [1.807, 2.05) is 10.6 Å². The maximum atomic E-state index is 14.2. The van der Waals surface area contributed by atoms with Crippen molar-refractivity contribution in [3.8, 4) is 17.8 Å². The monoisotopic (exact) mass is 572 g/mol. The molecule has 1 N–H and O–H groups in total. The minimum absolute atomic E-state index is 0.00723. The van der Waals surface area contributed by atoms with Gasteiger partial charge in [0.15, 0.2) is 11.3 Å². The molecule has 2 fully saturated rings. The first-order chi connectivity index (χ1) is 20.4. The number of fused-ring (bicyclic) bond motifs is 1. The van der Waals surface area contributed by atoms with E-state index < -0.39 is 11.8 Å². The maximum Gasteiger partial charge on any atom is 0.354 e. The van der Waals surface area contributed by atoms with Crippen LogP contribution in [0.15, 0.2) is 48.5 Å². The lowest BCUT2D eigenvalue weighted by molar-refractivity contribution is -0.0593. The molecule has 4 aromatic rings. The van der Waals surface area contributed by atoms with Crippen molar-refractivity contribution in [2.45, 2.75) is 51.2 Å². The minimum atomic E-state index is -1.07. The first kappa shape index (κ1) is 27.6. The van der Waals surface area contributed by atoms with Crippen LogP contribution in [0.25, 0.3) is 11.2 Å². The SMILES string of the molecule is N#Cc1ccc(COc2cccc(OC3CCN(Cc4nc5ccc(C(=O)O)nc5n4C[C@H]4CCO4)CC3)n2)c(F)c1. The summed E-state index contributed by atoms with van der Waals surface area (Å²) in [5, 5.41) is 18.3. The van der Waals surface area contributed by atoms with Crippen molar-refractivity contribution >= 4 is 17.1 Å². The van der Waals surface area contributed by atoms with E-state index >= 15 is 0 Å². The zero-order valence-corrected chi connectivity index (χ0v) is 22.8. The molecular weight excluding hydrogens is 543 g/mol. The van der Waals surface area contributed by atoms with Gasteiger partial charge in [-0.15, -0.1) is 0 Å². The predicted molar refractivity (Wildman–Crippen MR) is 147 cm³/mol. The van der Waals surface area contributed by atoms with E-state index in [-0.39, 0.29) is 30.1 Å². The summed E-state index contributed by atoms with van der Waals surface area (Å²) in [6.07, 6.45) is 2.58. The largest absolute Gasteiger partial charge is 0.477 e. The van der Waals surface area contributed by atoms with Crippen LogP contribution in [0.2, 0.25) is 0 Å². The summed E-state index contributed by atoms with van der Waals surface area (Å²) in [5.74, 6) is 0.0260. The highest BCUT2D eigenvalue weighted by molar-refractivity contribution is 5.88. The Bertz CT molecular complexity index is 1640. The summed E-state index contributed by atoms with van der Waals surface area (Å²) in [7, 11) is 0. The van der Waals surface area contributed by atoms with Crippen molar-refractivity contribution in [2.24, 2.45) is 0 Å². The Hall–Kier alpha value is -4.60. The Morgan fingerprint density at radius 3 is 2.62 bits per heavy atom. The number of hydrogen-bond acceptors (Lipinski definition) is 9. The van der Waals surface area contributed by atoms with Gasteiger partial charge in [-0.2, -0.15) is 10.2 Å². The van der Waals surface area contributed by atoms with Crippen LogP contribution in [-0.2, 0) is 24.4 Å². The number of aromatic carboxylic acids is 1. The molecule has 6 rings (SSSR count). The van der Waals surface area contributed by atoms with Gasteiger partial charge in [0, 0.05) is 37.4 Å². The van der Waals surface area contributed by atoms with Crippen LogP contribution in [0.1, 0.15) is 46.7 Å². The van der Waals surface area contributed by atoms with Crippen LogP contribution in [0.4, 0.5) is 4.39 Å². The van der Waals surface area contributed by atoms with Gasteiger partial charge in [0.1, 0.15) is 29.9 Å². The molecule has 0 radical (unpaired) electrons. The number of imidazole rings is 1. The van der Waals surface area contributed by atoms with Gasteiger partial charge >= 0.3 is 5.97 Å². The number of carboxylic acid groups (broad SMARTS) is 1. The Morgan fingerprint density at radius 2 is 1.90 bits per heavy atom. The zero-order valence-electron chi connectivity index (χ0n) is 22.8. The fraction of sp³-hybridized carbons (Fsp3) is 0.367. The molecule has 2 aliphatic heterocycles. The third-order valence-electron chi connectivity index (χ3n) is 7.51. The lowest BCUT2D eigenvalue weighted by Gasteiger charge is -2.32. The second-order valence-electron chi connectivity index (χ2n) is 10.4. The number of nitrogens with zero attached hydrogens (tertiary/aromatic N) is 6. The third-order valence-corrected chi connectivity index (χ3v) is 7.51. The molecular formula is C30H29FN6O5. The lowest BCUT2D eigenvalue weighted by atomic mass is 10.1. The second-order valence-corrected chi connectivity index (χ2v) is 10.4. The molecule has 0 spiro atoms. The number of benzene rings is 1. The smallest absolute Gasteiger partial charge is 0.354 e. The lowest BCUT2D eigenvalue weighted by Crippen LogP contribution is -2.39. The van der Waals surface area contributed by atoms with Crippen molar-refractivity contribution in [2.75, 3.05) is 19.7 Å².